The quantitative estimate of drug-likeness (QED) is 0.798. The smallest absolute Gasteiger partial charge is 0.0439 e. The molecule has 0 N–H and O–H groups in total. The van der Waals surface area contributed by atoms with Crippen LogP contribution in [0.3, 0.4) is 0 Å². The summed E-state index contributed by atoms with van der Waals surface area (Å²) in [5.74, 6) is 0. The van der Waals surface area contributed by atoms with Gasteiger partial charge in [0.2, 0.25) is 0 Å². The summed E-state index contributed by atoms with van der Waals surface area (Å²) >= 11 is 11.7. The average Bonchev–Trinajstić information content (AvgIpc) is 2.28. The second kappa shape index (κ2) is 5.33. The van der Waals surface area contributed by atoms with Gasteiger partial charge >= 0.3 is 0 Å². The Labute approximate surface area is 105 Å². The van der Waals surface area contributed by atoms with Gasteiger partial charge in [0.25, 0.3) is 0 Å². The van der Waals surface area contributed by atoms with Crippen molar-refractivity contribution in [2.75, 3.05) is 0 Å². The van der Waals surface area contributed by atoms with Crippen LogP contribution in [0.2, 0.25) is 10.0 Å². The van der Waals surface area contributed by atoms with Gasteiger partial charge in [0.1, 0.15) is 0 Å². The third-order valence-electron chi connectivity index (χ3n) is 2.36. The van der Waals surface area contributed by atoms with Crippen molar-refractivity contribution in [3.63, 3.8) is 0 Å². The van der Waals surface area contributed by atoms with E-state index in [1.165, 1.54) is 5.56 Å². The number of aryl methyl sites for hydroxylation is 2. The fraction of sp³-hybridized carbons (Fsp3) is 0.154. The van der Waals surface area contributed by atoms with Gasteiger partial charge in [0.15, 0.2) is 0 Å². The van der Waals surface area contributed by atoms with Crippen LogP contribution < -0.4 is 0 Å². The molecule has 1 aromatic carbocycles. The molecule has 2 aromatic rings. The number of rotatable bonds is 3. The van der Waals surface area contributed by atoms with Crippen LogP contribution in [0.15, 0.2) is 42.6 Å². The lowest BCUT2D eigenvalue weighted by molar-refractivity contribution is 0.914. The fourth-order valence-corrected chi connectivity index (χ4v) is 1.82. The average molecular weight is 252 g/mol. The van der Waals surface area contributed by atoms with Crippen LogP contribution >= 0.6 is 23.2 Å². The lowest BCUT2D eigenvalue weighted by Crippen LogP contribution is -1.93. The standard InChI is InChI=1S/C13H11Cl2N/c14-11-4-1-10(2-5-11)3-6-13-9-12(15)7-8-16-13/h1-2,4-5,7-9H,3,6H2. The molecule has 1 heterocycles. The Kier molecular flexibility index (Phi) is 3.81. The highest BCUT2D eigenvalue weighted by Gasteiger charge is 1.98. The fourth-order valence-electron chi connectivity index (χ4n) is 1.51. The molecule has 1 aromatic heterocycles. The third kappa shape index (κ3) is 3.22. The Morgan fingerprint density at radius 2 is 1.62 bits per heavy atom. The van der Waals surface area contributed by atoms with Gasteiger partial charge in [0, 0.05) is 21.9 Å². The van der Waals surface area contributed by atoms with Crippen LogP contribution in [0, 0.1) is 0 Å². The van der Waals surface area contributed by atoms with Crippen molar-refractivity contribution >= 4 is 23.2 Å². The van der Waals surface area contributed by atoms with Gasteiger partial charge in [-0.2, -0.15) is 0 Å². The van der Waals surface area contributed by atoms with Gasteiger partial charge in [-0.15, -0.1) is 0 Å². The van der Waals surface area contributed by atoms with Gasteiger partial charge in [-0.25, -0.2) is 0 Å². The molecule has 0 atom stereocenters. The van der Waals surface area contributed by atoms with Crippen LogP contribution in [0.5, 0.6) is 0 Å². The molecule has 0 aliphatic heterocycles. The summed E-state index contributed by atoms with van der Waals surface area (Å²) in [6.07, 6.45) is 3.58. The van der Waals surface area contributed by atoms with Crippen LogP contribution in [0.1, 0.15) is 11.3 Å². The van der Waals surface area contributed by atoms with E-state index in [-0.39, 0.29) is 0 Å². The molecule has 0 radical (unpaired) electrons. The van der Waals surface area contributed by atoms with Gasteiger partial charge in [0.05, 0.1) is 0 Å². The van der Waals surface area contributed by atoms with Gasteiger partial charge in [-0.3, -0.25) is 4.98 Å². The molecule has 0 aliphatic carbocycles. The molecule has 0 bridgehead atoms. The van der Waals surface area contributed by atoms with Crippen LogP contribution in [0.25, 0.3) is 0 Å². The number of benzene rings is 1. The van der Waals surface area contributed by atoms with Crippen LogP contribution in [-0.2, 0) is 12.8 Å². The van der Waals surface area contributed by atoms with E-state index in [2.05, 4.69) is 4.98 Å². The predicted octanol–water partition coefficient (Wildman–Crippen LogP) is 4.17. The Bertz CT molecular complexity index is 466. The Morgan fingerprint density at radius 3 is 2.31 bits per heavy atom. The van der Waals surface area contributed by atoms with E-state index < -0.39 is 0 Å². The van der Waals surface area contributed by atoms with E-state index in [4.69, 9.17) is 23.2 Å². The van der Waals surface area contributed by atoms with E-state index in [0.717, 1.165) is 28.6 Å². The van der Waals surface area contributed by atoms with Gasteiger partial charge < -0.3 is 0 Å². The van der Waals surface area contributed by atoms with E-state index in [9.17, 15) is 0 Å². The molecule has 1 nitrogen and oxygen atoms in total. The number of hydrogen-bond donors (Lipinski definition) is 0. The first kappa shape index (κ1) is 11.4. The minimum Gasteiger partial charge on any atom is -0.261 e. The minimum atomic E-state index is 0.737. The van der Waals surface area contributed by atoms with Crippen molar-refractivity contribution in [1.29, 1.82) is 0 Å². The Hall–Kier alpha value is -1.05. The van der Waals surface area contributed by atoms with E-state index in [1.54, 1.807) is 12.3 Å². The highest BCUT2D eigenvalue weighted by molar-refractivity contribution is 6.30. The summed E-state index contributed by atoms with van der Waals surface area (Å²) < 4.78 is 0. The maximum absolute atomic E-state index is 5.89. The monoisotopic (exact) mass is 251 g/mol. The van der Waals surface area contributed by atoms with Crippen LogP contribution in [0.4, 0.5) is 0 Å². The zero-order valence-electron chi connectivity index (χ0n) is 8.66. The highest BCUT2D eigenvalue weighted by atomic mass is 35.5. The van der Waals surface area contributed by atoms with Crippen LogP contribution in [-0.4, -0.2) is 4.98 Å². The lowest BCUT2D eigenvalue weighted by atomic mass is 10.1. The summed E-state index contributed by atoms with van der Waals surface area (Å²) in [6, 6.07) is 11.6. The van der Waals surface area contributed by atoms with E-state index in [1.807, 2.05) is 30.3 Å². The molecule has 0 spiro atoms. The molecule has 0 unspecified atom stereocenters. The lowest BCUT2D eigenvalue weighted by Gasteiger charge is -2.02. The van der Waals surface area contributed by atoms with Crippen molar-refractivity contribution in [1.82, 2.24) is 4.98 Å². The molecule has 0 fully saturated rings. The van der Waals surface area contributed by atoms with Gasteiger partial charge in [-0.05, 0) is 42.7 Å². The highest BCUT2D eigenvalue weighted by Crippen LogP contribution is 2.13. The number of nitrogens with zero attached hydrogens (tertiary/aromatic N) is 1. The molecule has 0 saturated carbocycles. The topological polar surface area (TPSA) is 12.9 Å². The maximum Gasteiger partial charge on any atom is 0.0439 e. The second-order valence-electron chi connectivity index (χ2n) is 3.59. The molecule has 16 heavy (non-hydrogen) atoms. The van der Waals surface area contributed by atoms with Crippen molar-refractivity contribution in [2.45, 2.75) is 12.8 Å². The first-order chi connectivity index (χ1) is 7.74. The molecular weight excluding hydrogens is 241 g/mol. The predicted molar refractivity (Wildman–Crippen MR) is 68.1 cm³/mol. The van der Waals surface area contributed by atoms with Crippen molar-refractivity contribution < 1.29 is 0 Å². The summed E-state index contributed by atoms with van der Waals surface area (Å²) in [6.45, 7) is 0. The molecule has 0 aliphatic rings. The maximum atomic E-state index is 5.89. The van der Waals surface area contributed by atoms with E-state index >= 15 is 0 Å². The normalized spacial score (nSPS) is 10.4. The summed E-state index contributed by atoms with van der Waals surface area (Å²) in [5.41, 5.74) is 2.27. The molecule has 3 heteroatoms. The van der Waals surface area contributed by atoms with Gasteiger partial charge in [-0.1, -0.05) is 35.3 Å². The first-order valence-corrected chi connectivity index (χ1v) is 5.84. The van der Waals surface area contributed by atoms with Crippen molar-refractivity contribution in [3.05, 3.63) is 63.9 Å². The number of hydrogen-bond acceptors (Lipinski definition) is 1. The first-order valence-electron chi connectivity index (χ1n) is 5.09. The SMILES string of the molecule is Clc1ccc(CCc2cc(Cl)ccn2)cc1. The third-order valence-corrected chi connectivity index (χ3v) is 2.85. The molecular formula is C13H11Cl2N. The number of aromatic nitrogens is 1. The zero-order valence-corrected chi connectivity index (χ0v) is 10.2. The zero-order chi connectivity index (χ0) is 11.4. The van der Waals surface area contributed by atoms with Crippen molar-refractivity contribution in [2.24, 2.45) is 0 Å². The number of halogens is 2. The summed E-state index contributed by atoms with van der Waals surface area (Å²) in [4.78, 5) is 4.26. The molecule has 0 saturated heterocycles. The summed E-state index contributed by atoms with van der Waals surface area (Å²) in [7, 11) is 0. The largest absolute Gasteiger partial charge is 0.261 e. The molecule has 82 valence electrons. The van der Waals surface area contributed by atoms with Crippen molar-refractivity contribution in [3.8, 4) is 0 Å². The number of pyridine rings is 1. The van der Waals surface area contributed by atoms with E-state index in [0.29, 0.717) is 0 Å². The molecule has 2 rings (SSSR count). The Morgan fingerprint density at radius 1 is 0.875 bits per heavy atom. The molecule has 0 amide bonds. The minimum absolute atomic E-state index is 0.737. The Balaban J connectivity index is 1.99. The second-order valence-corrected chi connectivity index (χ2v) is 4.46. The summed E-state index contributed by atoms with van der Waals surface area (Å²) in [5, 5.41) is 1.51.